The Morgan fingerprint density at radius 2 is 1.97 bits per heavy atom. The van der Waals surface area contributed by atoms with Gasteiger partial charge < -0.3 is 8.98 Å². The second-order valence-electron chi connectivity index (χ2n) is 6.65. The summed E-state index contributed by atoms with van der Waals surface area (Å²) in [5.74, 6) is 0.830. The minimum absolute atomic E-state index is 0.252. The smallest absolute Gasteiger partial charge is 0.282 e. The Kier molecular flexibility index (Phi) is 4.17. The molecule has 7 heteroatoms. The zero-order valence-electron chi connectivity index (χ0n) is 15.4. The van der Waals surface area contributed by atoms with Gasteiger partial charge in [-0.1, -0.05) is 28.1 Å². The minimum atomic E-state index is -0.252. The number of furan rings is 1. The third-order valence-corrected chi connectivity index (χ3v) is 5.24. The average molecular weight is 447 g/mol. The van der Waals surface area contributed by atoms with Crippen molar-refractivity contribution in [2.45, 2.75) is 0 Å². The van der Waals surface area contributed by atoms with E-state index >= 15 is 0 Å². The Labute approximate surface area is 173 Å². The number of benzene rings is 2. The third-order valence-electron chi connectivity index (χ3n) is 4.74. The third kappa shape index (κ3) is 3.09. The second-order valence-corrected chi connectivity index (χ2v) is 7.57. The van der Waals surface area contributed by atoms with E-state index in [1.807, 2.05) is 72.4 Å². The number of hydrogen-bond donors (Lipinski definition) is 0. The van der Waals surface area contributed by atoms with Crippen molar-refractivity contribution in [1.82, 2.24) is 14.2 Å². The summed E-state index contributed by atoms with van der Waals surface area (Å²) < 4.78 is 10.2. The quantitative estimate of drug-likeness (QED) is 0.374. The molecular formula is C22H15BrN4O2. The number of nitrogens with zero attached hydrogens (tertiary/aromatic N) is 4. The van der Waals surface area contributed by atoms with Crippen molar-refractivity contribution in [3.05, 3.63) is 87.4 Å². The van der Waals surface area contributed by atoms with Crippen molar-refractivity contribution in [2.24, 2.45) is 12.1 Å². The lowest BCUT2D eigenvalue weighted by atomic mass is 10.2. The predicted octanol–water partition coefficient (Wildman–Crippen LogP) is 4.79. The Hall–Kier alpha value is -3.45. The van der Waals surface area contributed by atoms with Crippen LogP contribution in [-0.4, -0.2) is 20.4 Å². The van der Waals surface area contributed by atoms with Crippen LogP contribution in [0.5, 0.6) is 0 Å². The van der Waals surface area contributed by atoms with Crippen LogP contribution in [-0.2, 0) is 7.05 Å². The summed E-state index contributed by atoms with van der Waals surface area (Å²) in [6, 6.07) is 18.7. The van der Waals surface area contributed by atoms with Gasteiger partial charge in [0.2, 0.25) is 5.82 Å². The van der Waals surface area contributed by atoms with Gasteiger partial charge in [0, 0.05) is 23.1 Å². The summed E-state index contributed by atoms with van der Waals surface area (Å²) in [7, 11) is 1.92. The molecule has 0 aliphatic heterocycles. The second kappa shape index (κ2) is 6.86. The van der Waals surface area contributed by atoms with Crippen LogP contribution >= 0.6 is 15.9 Å². The molecule has 0 aliphatic rings. The Morgan fingerprint density at radius 1 is 1.10 bits per heavy atom. The van der Waals surface area contributed by atoms with E-state index in [1.54, 1.807) is 12.3 Å². The number of aryl methyl sites for hydroxylation is 1. The number of para-hydroxylation sites is 1. The number of halogens is 1. The lowest BCUT2D eigenvalue weighted by Crippen LogP contribution is -2.20. The fourth-order valence-electron chi connectivity index (χ4n) is 3.24. The molecular weight excluding hydrogens is 432 g/mol. The lowest BCUT2D eigenvalue weighted by molar-refractivity contribution is 0.616. The van der Waals surface area contributed by atoms with Crippen molar-refractivity contribution in [3.63, 3.8) is 0 Å². The van der Waals surface area contributed by atoms with Crippen LogP contribution in [0.25, 0.3) is 33.5 Å². The van der Waals surface area contributed by atoms with E-state index in [-0.39, 0.29) is 5.56 Å². The van der Waals surface area contributed by atoms with Gasteiger partial charge in [0.25, 0.3) is 5.56 Å². The van der Waals surface area contributed by atoms with E-state index in [4.69, 9.17) is 4.42 Å². The molecule has 2 aromatic carbocycles. The monoisotopic (exact) mass is 446 g/mol. The standard InChI is InChI=1S/C22H15BrN4O2/c1-26-10-4-5-16(26)13-24-27-21(25-18-7-3-2-6-17(18)22(27)28)20-12-14-11-15(23)8-9-19(14)29-20/h2-13H,1H3. The highest BCUT2D eigenvalue weighted by molar-refractivity contribution is 9.10. The predicted molar refractivity (Wildman–Crippen MR) is 117 cm³/mol. The van der Waals surface area contributed by atoms with Crippen LogP contribution in [0.4, 0.5) is 0 Å². The van der Waals surface area contributed by atoms with E-state index in [0.29, 0.717) is 28.1 Å². The van der Waals surface area contributed by atoms with Crippen LogP contribution < -0.4 is 5.56 Å². The largest absolute Gasteiger partial charge is 0.453 e. The maximum absolute atomic E-state index is 13.2. The normalized spacial score (nSPS) is 11.8. The molecule has 0 amide bonds. The van der Waals surface area contributed by atoms with Gasteiger partial charge in [-0.2, -0.15) is 9.78 Å². The SMILES string of the molecule is Cn1cccc1C=Nn1c(-c2cc3cc(Br)ccc3o2)nc2ccccc2c1=O. The molecule has 0 saturated carbocycles. The summed E-state index contributed by atoms with van der Waals surface area (Å²) in [6.45, 7) is 0. The molecule has 29 heavy (non-hydrogen) atoms. The topological polar surface area (TPSA) is 65.3 Å². The summed E-state index contributed by atoms with van der Waals surface area (Å²) in [4.78, 5) is 17.9. The first-order valence-electron chi connectivity index (χ1n) is 8.97. The molecule has 142 valence electrons. The molecule has 6 nitrogen and oxygen atoms in total. The van der Waals surface area contributed by atoms with Gasteiger partial charge in [0.05, 0.1) is 22.8 Å². The van der Waals surface area contributed by atoms with Crippen LogP contribution in [0.2, 0.25) is 0 Å². The van der Waals surface area contributed by atoms with Crippen LogP contribution in [0.1, 0.15) is 5.69 Å². The maximum Gasteiger partial charge on any atom is 0.282 e. The van der Waals surface area contributed by atoms with Crippen molar-refractivity contribution >= 4 is 44.0 Å². The van der Waals surface area contributed by atoms with E-state index in [1.165, 1.54) is 4.68 Å². The van der Waals surface area contributed by atoms with Gasteiger partial charge in [-0.15, -0.1) is 0 Å². The summed E-state index contributed by atoms with van der Waals surface area (Å²) in [5, 5.41) is 5.86. The fourth-order valence-corrected chi connectivity index (χ4v) is 3.62. The van der Waals surface area contributed by atoms with Gasteiger partial charge in [0.1, 0.15) is 5.58 Å². The Balaban J connectivity index is 1.77. The highest BCUT2D eigenvalue weighted by Gasteiger charge is 2.16. The fraction of sp³-hybridized carbons (Fsp3) is 0.0455. The summed E-state index contributed by atoms with van der Waals surface area (Å²) in [5.41, 5.74) is 1.92. The molecule has 0 aliphatic carbocycles. The van der Waals surface area contributed by atoms with Gasteiger partial charge in [0.15, 0.2) is 5.76 Å². The molecule has 5 aromatic rings. The van der Waals surface area contributed by atoms with Gasteiger partial charge in [-0.05, 0) is 48.5 Å². The average Bonchev–Trinajstić information content (AvgIpc) is 3.32. The number of hydrogen-bond acceptors (Lipinski definition) is 4. The van der Waals surface area contributed by atoms with E-state index in [2.05, 4.69) is 26.0 Å². The van der Waals surface area contributed by atoms with Crippen LogP contribution in [0.15, 0.2) is 85.6 Å². The zero-order valence-corrected chi connectivity index (χ0v) is 17.0. The van der Waals surface area contributed by atoms with Crippen molar-refractivity contribution < 1.29 is 4.42 Å². The minimum Gasteiger partial charge on any atom is -0.453 e. The zero-order chi connectivity index (χ0) is 20.0. The Morgan fingerprint density at radius 3 is 2.79 bits per heavy atom. The molecule has 0 bridgehead atoms. The molecule has 0 atom stereocenters. The lowest BCUT2D eigenvalue weighted by Gasteiger charge is -2.07. The molecule has 3 aromatic heterocycles. The van der Waals surface area contributed by atoms with Gasteiger partial charge in [-0.3, -0.25) is 4.79 Å². The Bertz CT molecular complexity index is 1460. The van der Waals surface area contributed by atoms with E-state index < -0.39 is 0 Å². The number of rotatable bonds is 3. The van der Waals surface area contributed by atoms with Crippen LogP contribution in [0, 0.1) is 0 Å². The maximum atomic E-state index is 13.2. The van der Waals surface area contributed by atoms with Crippen molar-refractivity contribution in [3.8, 4) is 11.6 Å². The van der Waals surface area contributed by atoms with Crippen molar-refractivity contribution in [1.29, 1.82) is 0 Å². The first-order valence-corrected chi connectivity index (χ1v) is 9.76. The highest BCUT2D eigenvalue weighted by atomic mass is 79.9. The molecule has 0 saturated heterocycles. The summed E-state index contributed by atoms with van der Waals surface area (Å²) >= 11 is 3.47. The van der Waals surface area contributed by atoms with Gasteiger partial charge in [-0.25, -0.2) is 4.98 Å². The number of aromatic nitrogens is 3. The highest BCUT2D eigenvalue weighted by Crippen LogP contribution is 2.29. The molecule has 5 rings (SSSR count). The molecule has 0 radical (unpaired) electrons. The number of fused-ring (bicyclic) bond motifs is 2. The summed E-state index contributed by atoms with van der Waals surface area (Å²) in [6.07, 6.45) is 3.56. The first-order chi connectivity index (χ1) is 14.1. The van der Waals surface area contributed by atoms with E-state index in [9.17, 15) is 4.79 Å². The van der Waals surface area contributed by atoms with Gasteiger partial charge >= 0.3 is 0 Å². The molecule has 0 unspecified atom stereocenters. The molecule has 3 heterocycles. The van der Waals surface area contributed by atoms with Crippen LogP contribution in [0.3, 0.4) is 0 Å². The molecule has 0 N–H and O–H groups in total. The van der Waals surface area contributed by atoms with Crippen molar-refractivity contribution in [2.75, 3.05) is 0 Å². The molecule has 0 fully saturated rings. The first kappa shape index (κ1) is 17.6. The van der Waals surface area contributed by atoms with E-state index in [0.717, 1.165) is 15.6 Å². The molecule has 0 spiro atoms.